The lowest BCUT2D eigenvalue weighted by Crippen LogP contribution is -2.31. The number of fused-ring (bicyclic) bond motifs is 1. The zero-order valence-corrected chi connectivity index (χ0v) is 17.1. The second-order valence-electron chi connectivity index (χ2n) is 6.86. The van der Waals surface area contributed by atoms with Gasteiger partial charge < -0.3 is 4.57 Å². The van der Waals surface area contributed by atoms with Gasteiger partial charge in [-0.15, -0.1) is 0 Å². The maximum atomic E-state index is 13.2. The van der Waals surface area contributed by atoms with Gasteiger partial charge in [-0.25, -0.2) is 17.5 Å². The Kier molecular flexibility index (Phi) is 4.87. The highest BCUT2D eigenvalue weighted by molar-refractivity contribution is 7.90. The molecule has 152 valence electrons. The number of nitrogens with one attached hydrogen (secondary N) is 1. The number of amides is 1. The van der Waals surface area contributed by atoms with Gasteiger partial charge in [0.2, 0.25) is 0 Å². The molecule has 2 aromatic heterocycles. The van der Waals surface area contributed by atoms with Crippen LogP contribution in [0, 0.1) is 19.7 Å². The minimum atomic E-state index is -4.15. The van der Waals surface area contributed by atoms with Crippen LogP contribution in [-0.2, 0) is 10.0 Å². The summed E-state index contributed by atoms with van der Waals surface area (Å²) >= 11 is 0. The monoisotopic (exact) mass is 423 g/mol. The Hall–Kier alpha value is -3.52. The molecule has 1 N–H and O–H groups in total. The fourth-order valence-corrected chi connectivity index (χ4v) is 4.65. The first-order valence-corrected chi connectivity index (χ1v) is 10.6. The molecular formula is C22H18FN3O3S. The van der Waals surface area contributed by atoms with Crippen molar-refractivity contribution < 1.29 is 17.6 Å². The van der Waals surface area contributed by atoms with E-state index in [4.69, 9.17) is 0 Å². The average Bonchev–Trinajstić information content (AvgIpc) is 3.02. The second-order valence-corrected chi connectivity index (χ2v) is 8.51. The predicted octanol–water partition coefficient (Wildman–Crippen LogP) is 3.90. The number of nitrogens with zero attached hydrogens (tertiary/aromatic N) is 2. The Morgan fingerprint density at radius 1 is 1.03 bits per heavy atom. The van der Waals surface area contributed by atoms with Crippen molar-refractivity contribution >= 4 is 26.8 Å². The summed E-state index contributed by atoms with van der Waals surface area (Å²) in [4.78, 5) is 16.9. The van der Waals surface area contributed by atoms with Gasteiger partial charge in [-0.2, -0.15) is 0 Å². The highest BCUT2D eigenvalue weighted by Crippen LogP contribution is 2.23. The van der Waals surface area contributed by atoms with E-state index in [1.165, 1.54) is 24.4 Å². The summed E-state index contributed by atoms with van der Waals surface area (Å²) in [5.41, 5.74) is 2.44. The first-order chi connectivity index (χ1) is 14.3. The summed E-state index contributed by atoms with van der Waals surface area (Å²) in [7, 11) is -4.15. The highest BCUT2D eigenvalue weighted by atomic mass is 32.2. The van der Waals surface area contributed by atoms with Crippen LogP contribution in [0.25, 0.3) is 16.6 Å². The van der Waals surface area contributed by atoms with Crippen LogP contribution >= 0.6 is 0 Å². The first-order valence-electron chi connectivity index (χ1n) is 9.14. The number of halogens is 1. The van der Waals surface area contributed by atoms with Crippen molar-refractivity contribution in [1.82, 2.24) is 14.3 Å². The van der Waals surface area contributed by atoms with Crippen molar-refractivity contribution in [2.75, 3.05) is 0 Å². The molecule has 2 aromatic carbocycles. The molecule has 0 spiro atoms. The molecular weight excluding hydrogens is 405 g/mol. The van der Waals surface area contributed by atoms with Crippen molar-refractivity contribution in [1.29, 1.82) is 0 Å². The van der Waals surface area contributed by atoms with Crippen molar-refractivity contribution in [3.05, 3.63) is 89.6 Å². The minimum Gasteiger partial charge on any atom is -0.318 e. The van der Waals surface area contributed by atoms with Gasteiger partial charge in [0.25, 0.3) is 15.9 Å². The molecule has 0 bridgehead atoms. The van der Waals surface area contributed by atoms with Gasteiger partial charge in [-0.05, 0) is 56.3 Å². The Bertz CT molecular complexity index is 1370. The zero-order valence-electron chi connectivity index (χ0n) is 16.3. The number of aromatic nitrogens is 2. The summed E-state index contributed by atoms with van der Waals surface area (Å²) < 4.78 is 43.0. The van der Waals surface area contributed by atoms with E-state index in [0.717, 1.165) is 0 Å². The van der Waals surface area contributed by atoms with E-state index in [9.17, 15) is 17.6 Å². The van der Waals surface area contributed by atoms with Crippen molar-refractivity contribution in [2.24, 2.45) is 0 Å². The van der Waals surface area contributed by atoms with Gasteiger partial charge in [-0.1, -0.05) is 18.2 Å². The predicted molar refractivity (Wildman–Crippen MR) is 112 cm³/mol. The molecule has 30 heavy (non-hydrogen) atoms. The number of carbonyl (C=O) groups is 1. The Morgan fingerprint density at radius 2 is 1.73 bits per heavy atom. The molecule has 0 unspecified atom stereocenters. The first kappa shape index (κ1) is 19.8. The fraction of sp³-hybridized carbons (Fsp3) is 0.0909. The van der Waals surface area contributed by atoms with Crippen LogP contribution in [0.2, 0.25) is 0 Å². The smallest absolute Gasteiger partial charge is 0.266 e. The summed E-state index contributed by atoms with van der Waals surface area (Å²) in [6.45, 7) is 3.49. The van der Waals surface area contributed by atoms with Crippen molar-refractivity contribution in [3.63, 3.8) is 0 Å². The maximum Gasteiger partial charge on any atom is 0.266 e. The number of aryl methyl sites for hydroxylation is 1. The van der Waals surface area contributed by atoms with Crippen LogP contribution in [0.15, 0.2) is 71.8 Å². The molecule has 2 heterocycles. The van der Waals surface area contributed by atoms with E-state index in [1.807, 2.05) is 0 Å². The average molecular weight is 423 g/mol. The molecule has 0 fully saturated rings. The van der Waals surface area contributed by atoms with Crippen LogP contribution in [0.3, 0.4) is 0 Å². The van der Waals surface area contributed by atoms with Crippen LogP contribution in [-0.4, -0.2) is 23.9 Å². The second kappa shape index (κ2) is 7.38. The molecule has 4 rings (SSSR count). The van der Waals surface area contributed by atoms with Crippen LogP contribution in [0.1, 0.15) is 21.7 Å². The van der Waals surface area contributed by atoms with Crippen LogP contribution in [0.4, 0.5) is 4.39 Å². The van der Waals surface area contributed by atoms with Gasteiger partial charge >= 0.3 is 0 Å². The SMILES string of the molecule is Cc1cc(C(=O)NS(=O)(=O)c2cccc3cccnc23)c(C)n1-c1ccc(F)cc1. The fourth-order valence-electron chi connectivity index (χ4n) is 3.51. The largest absolute Gasteiger partial charge is 0.318 e. The molecule has 0 saturated heterocycles. The van der Waals surface area contributed by atoms with E-state index in [2.05, 4.69) is 9.71 Å². The number of carbonyl (C=O) groups excluding carboxylic acids is 1. The van der Waals surface area contributed by atoms with Gasteiger partial charge in [-0.3, -0.25) is 9.78 Å². The molecule has 0 aliphatic rings. The van der Waals surface area contributed by atoms with Gasteiger partial charge in [0.15, 0.2) is 0 Å². The van der Waals surface area contributed by atoms with Crippen LogP contribution < -0.4 is 4.72 Å². The summed E-state index contributed by atoms with van der Waals surface area (Å²) in [5, 5.41) is 0.655. The zero-order chi connectivity index (χ0) is 21.5. The van der Waals surface area contributed by atoms with Gasteiger partial charge in [0.1, 0.15) is 10.7 Å². The normalized spacial score (nSPS) is 11.6. The molecule has 6 nitrogen and oxygen atoms in total. The molecule has 0 atom stereocenters. The topological polar surface area (TPSA) is 81.1 Å². The number of rotatable bonds is 4. The molecule has 0 aliphatic carbocycles. The lowest BCUT2D eigenvalue weighted by Gasteiger charge is -2.11. The third kappa shape index (κ3) is 3.46. The summed E-state index contributed by atoms with van der Waals surface area (Å²) in [6.07, 6.45) is 1.50. The van der Waals surface area contributed by atoms with Crippen molar-refractivity contribution in [3.8, 4) is 5.69 Å². The van der Waals surface area contributed by atoms with Crippen molar-refractivity contribution in [2.45, 2.75) is 18.7 Å². The molecule has 1 amide bonds. The third-order valence-electron chi connectivity index (χ3n) is 4.87. The number of sulfonamides is 1. The molecule has 0 aliphatic heterocycles. The summed E-state index contributed by atoms with van der Waals surface area (Å²) in [6, 6.07) is 15.7. The van der Waals surface area contributed by atoms with E-state index >= 15 is 0 Å². The quantitative estimate of drug-likeness (QED) is 0.540. The minimum absolute atomic E-state index is 0.0682. The molecule has 8 heteroatoms. The standard InChI is InChI=1S/C22H18FN3O3S/c1-14-13-19(15(2)26(14)18-10-8-17(23)9-11-18)22(27)25-30(28,29)20-7-3-5-16-6-4-12-24-21(16)20/h3-13H,1-2H3,(H,25,27). The van der Waals surface area contributed by atoms with E-state index in [-0.39, 0.29) is 21.8 Å². The van der Waals surface area contributed by atoms with Gasteiger partial charge in [0.05, 0.1) is 11.1 Å². The lowest BCUT2D eigenvalue weighted by molar-refractivity contribution is 0.0981. The van der Waals surface area contributed by atoms with Gasteiger partial charge in [0, 0.05) is 28.7 Å². The third-order valence-corrected chi connectivity index (χ3v) is 6.24. The molecule has 0 radical (unpaired) electrons. The molecule has 0 saturated carbocycles. The number of hydrogen-bond acceptors (Lipinski definition) is 4. The van der Waals surface area contributed by atoms with Crippen LogP contribution in [0.5, 0.6) is 0 Å². The Balaban J connectivity index is 1.70. The summed E-state index contributed by atoms with van der Waals surface area (Å²) in [5.74, 6) is -1.11. The number of benzene rings is 2. The van der Waals surface area contributed by atoms with E-state index < -0.39 is 15.9 Å². The highest BCUT2D eigenvalue weighted by Gasteiger charge is 2.24. The maximum absolute atomic E-state index is 13.2. The molecule has 4 aromatic rings. The Labute approximate surface area is 173 Å². The van der Waals surface area contributed by atoms with E-state index in [0.29, 0.717) is 22.5 Å². The number of hydrogen-bond donors (Lipinski definition) is 1. The van der Waals surface area contributed by atoms with E-state index in [1.54, 1.807) is 60.9 Å². The number of para-hydroxylation sites is 1. The lowest BCUT2D eigenvalue weighted by atomic mass is 10.2. The Morgan fingerprint density at radius 3 is 2.47 bits per heavy atom. The number of pyridine rings is 1.